The molecule has 0 aliphatic carbocycles. The first-order valence-corrected chi connectivity index (χ1v) is 4.38. The number of aldehydes is 1. The number of hydrogen-bond donors (Lipinski definition) is 0. The van der Waals surface area contributed by atoms with E-state index in [1.165, 1.54) is 0 Å². The zero-order valence-electron chi connectivity index (χ0n) is 8.66. The maximum atomic E-state index is 10.4. The highest BCUT2D eigenvalue weighted by Crippen LogP contribution is 2.29. The highest BCUT2D eigenvalue weighted by Gasteiger charge is 2.07. The predicted molar refractivity (Wildman–Crippen MR) is 54.1 cm³/mol. The van der Waals surface area contributed by atoms with E-state index in [1.807, 2.05) is 19.1 Å². The Morgan fingerprint density at radius 2 is 1.71 bits per heavy atom. The molecule has 0 radical (unpaired) electrons. The maximum absolute atomic E-state index is 10.4. The van der Waals surface area contributed by atoms with Crippen molar-refractivity contribution in [3.8, 4) is 11.5 Å². The van der Waals surface area contributed by atoms with Crippen LogP contribution in [-0.4, -0.2) is 20.5 Å². The minimum absolute atomic E-state index is 0.382. The number of rotatable bonds is 4. The minimum atomic E-state index is 0.382. The van der Waals surface area contributed by atoms with Crippen molar-refractivity contribution in [1.82, 2.24) is 0 Å². The van der Waals surface area contributed by atoms with E-state index in [9.17, 15) is 4.79 Å². The highest BCUT2D eigenvalue weighted by molar-refractivity contribution is 5.58. The van der Waals surface area contributed by atoms with E-state index in [-0.39, 0.29) is 0 Å². The molecule has 0 aliphatic heterocycles. The molecule has 0 saturated carbocycles. The molecule has 0 unspecified atom stereocenters. The Kier molecular flexibility index (Phi) is 3.51. The van der Waals surface area contributed by atoms with E-state index < -0.39 is 0 Å². The molecule has 0 amide bonds. The summed E-state index contributed by atoms with van der Waals surface area (Å²) in [6, 6.07) is 3.71. The smallest absolute Gasteiger partial charge is 0.125 e. The summed E-state index contributed by atoms with van der Waals surface area (Å²) in [5, 5.41) is 0. The molecule has 0 fully saturated rings. The van der Waals surface area contributed by atoms with Gasteiger partial charge in [-0.25, -0.2) is 0 Å². The highest BCUT2D eigenvalue weighted by atomic mass is 16.5. The third-order valence-electron chi connectivity index (χ3n) is 2.13. The van der Waals surface area contributed by atoms with Crippen LogP contribution in [0, 0.1) is 6.92 Å². The topological polar surface area (TPSA) is 35.5 Å². The Morgan fingerprint density at radius 3 is 2.07 bits per heavy atom. The van der Waals surface area contributed by atoms with Gasteiger partial charge in [-0.1, -0.05) is 0 Å². The summed E-state index contributed by atoms with van der Waals surface area (Å²) in [7, 11) is 3.21. The van der Waals surface area contributed by atoms with E-state index in [1.54, 1.807) is 14.2 Å². The average Bonchev–Trinajstić information content (AvgIpc) is 2.20. The zero-order chi connectivity index (χ0) is 10.6. The molecule has 1 aromatic rings. The van der Waals surface area contributed by atoms with Gasteiger partial charge in [0.25, 0.3) is 0 Å². The van der Waals surface area contributed by atoms with Crippen molar-refractivity contribution in [3.05, 3.63) is 23.3 Å². The lowest BCUT2D eigenvalue weighted by Gasteiger charge is -2.11. The fourth-order valence-corrected chi connectivity index (χ4v) is 1.35. The Labute approximate surface area is 83.6 Å². The minimum Gasteiger partial charge on any atom is -0.496 e. The Hall–Kier alpha value is -1.51. The van der Waals surface area contributed by atoms with Gasteiger partial charge in [0.2, 0.25) is 0 Å². The molecule has 0 atom stereocenters. The van der Waals surface area contributed by atoms with Crippen LogP contribution < -0.4 is 9.47 Å². The van der Waals surface area contributed by atoms with Gasteiger partial charge in [-0.3, -0.25) is 0 Å². The average molecular weight is 194 g/mol. The molecule has 0 spiro atoms. The van der Waals surface area contributed by atoms with Crippen LogP contribution in [0.25, 0.3) is 0 Å². The number of benzene rings is 1. The first kappa shape index (κ1) is 10.6. The molecular formula is C11H14O3. The van der Waals surface area contributed by atoms with Crippen molar-refractivity contribution < 1.29 is 14.3 Å². The van der Waals surface area contributed by atoms with Crippen LogP contribution in [0.2, 0.25) is 0 Å². The number of carbonyl (C=O) groups excluding carboxylic acids is 1. The summed E-state index contributed by atoms with van der Waals surface area (Å²) >= 11 is 0. The Bertz CT molecular complexity index is 306. The number of ether oxygens (including phenoxy) is 2. The van der Waals surface area contributed by atoms with Gasteiger partial charge in [0.1, 0.15) is 17.8 Å². The quantitative estimate of drug-likeness (QED) is 0.685. The summed E-state index contributed by atoms with van der Waals surface area (Å²) in [5.41, 5.74) is 1.85. The predicted octanol–water partition coefficient (Wildman–Crippen LogP) is 1.75. The van der Waals surface area contributed by atoms with Crippen molar-refractivity contribution >= 4 is 6.29 Å². The molecule has 1 rings (SSSR count). The van der Waals surface area contributed by atoms with Crippen LogP contribution in [0.15, 0.2) is 12.1 Å². The summed E-state index contributed by atoms with van der Waals surface area (Å²) in [4.78, 5) is 10.4. The van der Waals surface area contributed by atoms with Crippen LogP contribution in [0.4, 0.5) is 0 Å². The third-order valence-corrected chi connectivity index (χ3v) is 2.13. The van der Waals surface area contributed by atoms with E-state index >= 15 is 0 Å². The van der Waals surface area contributed by atoms with Crippen LogP contribution >= 0.6 is 0 Å². The van der Waals surface area contributed by atoms with E-state index in [2.05, 4.69) is 0 Å². The molecule has 0 N–H and O–H groups in total. The second-order valence-corrected chi connectivity index (χ2v) is 3.00. The lowest BCUT2D eigenvalue weighted by molar-refractivity contribution is -0.107. The van der Waals surface area contributed by atoms with E-state index in [4.69, 9.17) is 9.47 Å². The van der Waals surface area contributed by atoms with Gasteiger partial charge in [0.05, 0.1) is 14.2 Å². The molecule has 0 heterocycles. The fraction of sp³-hybridized carbons (Fsp3) is 0.364. The van der Waals surface area contributed by atoms with E-state index in [0.29, 0.717) is 6.42 Å². The van der Waals surface area contributed by atoms with Crippen LogP contribution in [0.3, 0.4) is 0 Å². The molecule has 14 heavy (non-hydrogen) atoms. The normalized spacial score (nSPS) is 9.64. The first-order valence-electron chi connectivity index (χ1n) is 4.38. The van der Waals surface area contributed by atoms with Gasteiger partial charge in [-0.15, -0.1) is 0 Å². The van der Waals surface area contributed by atoms with Crippen molar-refractivity contribution in [2.24, 2.45) is 0 Å². The van der Waals surface area contributed by atoms with Crippen molar-refractivity contribution in [2.75, 3.05) is 14.2 Å². The molecule has 0 bridgehead atoms. The molecule has 3 nitrogen and oxygen atoms in total. The Morgan fingerprint density at radius 1 is 1.21 bits per heavy atom. The SMILES string of the molecule is COc1cc(CC=O)cc(OC)c1C. The molecule has 0 saturated heterocycles. The largest absolute Gasteiger partial charge is 0.496 e. The zero-order valence-corrected chi connectivity index (χ0v) is 8.66. The van der Waals surface area contributed by atoms with Crippen LogP contribution in [-0.2, 0) is 11.2 Å². The van der Waals surface area contributed by atoms with Gasteiger partial charge >= 0.3 is 0 Å². The molecule has 76 valence electrons. The lowest BCUT2D eigenvalue weighted by atomic mass is 10.1. The molecule has 1 aromatic carbocycles. The summed E-state index contributed by atoms with van der Waals surface area (Å²) < 4.78 is 10.4. The lowest BCUT2D eigenvalue weighted by Crippen LogP contribution is -1.96. The standard InChI is InChI=1S/C11H14O3/c1-8-10(13-2)6-9(4-5-12)7-11(8)14-3/h5-7H,4H2,1-3H3. The first-order chi connectivity index (χ1) is 6.72. The molecule has 3 heteroatoms. The fourth-order valence-electron chi connectivity index (χ4n) is 1.35. The summed E-state index contributed by atoms with van der Waals surface area (Å²) in [5.74, 6) is 1.50. The maximum Gasteiger partial charge on any atom is 0.125 e. The van der Waals surface area contributed by atoms with Gasteiger partial charge in [-0.2, -0.15) is 0 Å². The van der Waals surface area contributed by atoms with Crippen molar-refractivity contribution in [1.29, 1.82) is 0 Å². The second-order valence-electron chi connectivity index (χ2n) is 3.00. The van der Waals surface area contributed by atoms with E-state index in [0.717, 1.165) is 28.9 Å². The second kappa shape index (κ2) is 4.65. The van der Waals surface area contributed by atoms with Crippen LogP contribution in [0.1, 0.15) is 11.1 Å². The Balaban J connectivity index is 3.17. The third kappa shape index (κ3) is 2.05. The van der Waals surface area contributed by atoms with Crippen molar-refractivity contribution in [3.63, 3.8) is 0 Å². The summed E-state index contributed by atoms with van der Waals surface area (Å²) in [6.07, 6.45) is 1.25. The van der Waals surface area contributed by atoms with Gasteiger partial charge < -0.3 is 14.3 Å². The molecule has 0 aliphatic rings. The number of hydrogen-bond acceptors (Lipinski definition) is 3. The molecular weight excluding hydrogens is 180 g/mol. The number of carbonyl (C=O) groups is 1. The van der Waals surface area contributed by atoms with Crippen LogP contribution in [0.5, 0.6) is 11.5 Å². The monoisotopic (exact) mass is 194 g/mol. The number of methoxy groups -OCH3 is 2. The summed E-state index contributed by atoms with van der Waals surface area (Å²) in [6.45, 7) is 1.92. The van der Waals surface area contributed by atoms with Gasteiger partial charge in [0, 0.05) is 12.0 Å². The molecule has 0 aromatic heterocycles. The van der Waals surface area contributed by atoms with Gasteiger partial charge in [-0.05, 0) is 24.6 Å². The van der Waals surface area contributed by atoms with Gasteiger partial charge in [0.15, 0.2) is 0 Å². The van der Waals surface area contributed by atoms with Crippen molar-refractivity contribution in [2.45, 2.75) is 13.3 Å².